The van der Waals surface area contributed by atoms with Crippen molar-refractivity contribution in [3.63, 3.8) is 0 Å². The van der Waals surface area contributed by atoms with Gasteiger partial charge in [0.1, 0.15) is 23.9 Å². The van der Waals surface area contributed by atoms with Gasteiger partial charge in [0, 0.05) is 5.56 Å². The van der Waals surface area contributed by atoms with Crippen LogP contribution < -0.4 is 14.8 Å². The number of nitrogens with zero attached hydrogens (tertiary/aromatic N) is 1. The molecule has 4 rings (SSSR count). The molecular formula is C26H27FN2O4. The molecule has 0 fully saturated rings. The zero-order chi connectivity index (χ0) is 23.2. The molecule has 2 amide bonds. The predicted molar refractivity (Wildman–Crippen MR) is 124 cm³/mol. The van der Waals surface area contributed by atoms with Crippen molar-refractivity contribution in [2.75, 3.05) is 25.6 Å². The molecule has 0 aromatic heterocycles. The van der Waals surface area contributed by atoms with Crippen LogP contribution in [0.25, 0.3) is 0 Å². The number of hydrogen-bond acceptors (Lipinski definition) is 4. The Bertz CT molecular complexity index is 1120. The number of carbonyl (C=O) groups is 1. The third-order valence-corrected chi connectivity index (χ3v) is 5.44. The third kappa shape index (κ3) is 5.81. The molecule has 0 atom stereocenters. The number of benzene rings is 3. The molecule has 0 saturated heterocycles. The Morgan fingerprint density at radius 3 is 2.61 bits per heavy atom. The second-order valence-electron chi connectivity index (χ2n) is 7.97. The van der Waals surface area contributed by atoms with Crippen LogP contribution in [-0.4, -0.2) is 31.2 Å². The minimum absolute atomic E-state index is 0.215. The SMILES string of the molecule is COc1ccc(C)cc1NC(=O)N1CCOc2ccc(COCc3ccc(F)cc3)cc2C1. The second-order valence-corrected chi connectivity index (χ2v) is 7.97. The van der Waals surface area contributed by atoms with Gasteiger partial charge < -0.3 is 24.4 Å². The second kappa shape index (κ2) is 10.4. The van der Waals surface area contributed by atoms with Gasteiger partial charge in [-0.15, -0.1) is 0 Å². The van der Waals surface area contributed by atoms with Gasteiger partial charge in [-0.3, -0.25) is 0 Å². The molecular weight excluding hydrogens is 423 g/mol. The Kier molecular flexibility index (Phi) is 7.10. The number of ether oxygens (including phenoxy) is 3. The van der Waals surface area contributed by atoms with Gasteiger partial charge in [0.15, 0.2) is 0 Å². The first-order valence-corrected chi connectivity index (χ1v) is 10.8. The standard InChI is InChI=1S/C26H27FN2O4/c1-18-3-9-25(31-2)23(13-18)28-26(30)29-11-12-33-24-10-6-20(14-21(24)15-29)17-32-16-19-4-7-22(27)8-5-19/h3-10,13-14H,11-12,15-17H2,1-2H3,(H,28,30). The van der Waals surface area contributed by atoms with E-state index in [0.717, 1.165) is 28.0 Å². The maximum Gasteiger partial charge on any atom is 0.322 e. The monoisotopic (exact) mass is 450 g/mol. The molecule has 0 radical (unpaired) electrons. The fourth-order valence-corrected chi connectivity index (χ4v) is 3.69. The highest BCUT2D eigenvalue weighted by atomic mass is 19.1. The molecule has 0 spiro atoms. The summed E-state index contributed by atoms with van der Waals surface area (Å²) in [5.74, 6) is 1.11. The van der Waals surface area contributed by atoms with E-state index in [2.05, 4.69) is 5.32 Å². The first-order chi connectivity index (χ1) is 16.0. The summed E-state index contributed by atoms with van der Waals surface area (Å²) in [7, 11) is 1.58. The number of urea groups is 1. The maximum atomic E-state index is 13.0. The van der Waals surface area contributed by atoms with Crippen molar-refractivity contribution in [3.05, 3.63) is 88.7 Å². The molecule has 3 aromatic carbocycles. The van der Waals surface area contributed by atoms with E-state index >= 15 is 0 Å². The van der Waals surface area contributed by atoms with Crippen molar-refractivity contribution < 1.29 is 23.4 Å². The molecule has 33 heavy (non-hydrogen) atoms. The molecule has 7 heteroatoms. The summed E-state index contributed by atoms with van der Waals surface area (Å²) in [6, 6.07) is 17.6. The van der Waals surface area contributed by atoms with Crippen LogP contribution in [0.15, 0.2) is 60.7 Å². The van der Waals surface area contributed by atoms with Crippen molar-refractivity contribution in [3.8, 4) is 11.5 Å². The largest absolute Gasteiger partial charge is 0.495 e. The zero-order valence-electron chi connectivity index (χ0n) is 18.8. The minimum Gasteiger partial charge on any atom is -0.495 e. The van der Waals surface area contributed by atoms with Crippen molar-refractivity contribution in [2.24, 2.45) is 0 Å². The lowest BCUT2D eigenvalue weighted by Gasteiger charge is -2.21. The molecule has 3 aromatic rings. The molecule has 1 heterocycles. The molecule has 1 aliphatic heterocycles. The number of halogens is 1. The van der Waals surface area contributed by atoms with E-state index in [0.29, 0.717) is 44.3 Å². The number of amides is 2. The molecule has 1 N–H and O–H groups in total. The van der Waals surface area contributed by atoms with Crippen molar-refractivity contribution >= 4 is 11.7 Å². The van der Waals surface area contributed by atoms with E-state index in [1.807, 2.05) is 43.3 Å². The Morgan fingerprint density at radius 2 is 1.82 bits per heavy atom. The molecule has 0 unspecified atom stereocenters. The lowest BCUT2D eigenvalue weighted by Crippen LogP contribution is -2.36. The highest BCUT2D eigenvalue weighted by Gasteiger charge is 2.21. The normalized spacial score (nSPS) is 13.0. The van der Waals surface area contributed by atoms with E-state index in [9.17, 15) is 9.18 Å². The quantitative estimate of drug-likeness (QED) is 0.555. The van der Waals surface area contributed by atoms with Gasteiger partial charge in [0.2, 0.25) is 0 Å². The Hall–Kier alpha value is -3.58. The number of fused-ring (bicyclic) bond motifs is 1. The highest BCUT2D eigenvalue weighted by molar-refractivity contribution is 5.91. The molecule has 0 bridgehead atoms. The summed E-state index contributed by atoms with van der Waals surface area (Å²) in [5.41, 5.74) is 4.46. The van der Waals surface area contributed by atoms with Gasteiger partial charge in [0.05, 0.1) is 39.1 Å². The number of carbonyl (C=O) groups excluding carboxylic acids is 1. The fraction of sp³-hybridized carbons (Fsp3) is 0.269. The average Bonchev–Trinajstić information content (AvgIpc) is 3.03. The molecule has 172 valence electrons. The van der Waals surface area contributed by atoms with Gasteiger partial charge in [-0.25, -0.2) is 9.18 Å². The van der Waals surface area contributed by atoms with E-state index in [-0.39, 0.29) is 11.8 Å². The molecule has 6 nitrogen and oxygen atoms in total. The Labute approximate surface area is 192 Å². The molecule has 1 aliphatic rings. The van der Waals surface area contributed by atoms with Gasteiger partial charge in [-0.1, -0.05) is 24.3 Å². The van der Waals surface area contributed by atoms with Crippen LogP contribution in [0.4, 0.5) is 14.9 Å². The number of nitrogens with one attached hydrogen (secondary N) is 1. The van der Waals surface area contributed by atoms with E-state index in [1.54, 1.807) is 24.1 Å². The smallest absolute Gasteiger partial charge is 0.322 e. The molecule has 0 saturated carbocycles. The lowest BCUT2D eigenvalue weighted by molar-refractivity contribution is 0.107. The van der Waals surface area contributed by atoms with Crippen LogP contribution in [0.1, 0.15) is 22.3 Å². The van der Waals surface area contributed by atoms with Gasteiger partial charge in [-0.2, -0.15) is 0 Å². The Morgan fingerprint density at radius 1 is 1.06 bits per heavy atom. The summed E-state index contributed by atoms with van der Waals surface area (Å²) >= 11 is 0. The van der Waals surface area contributed by atoms with E-state index in [1.165, 1.54) is 12.1 Å². The number of rotatable bonds is 6. The maximum absolute atomic E-state index is 13.0. The highest BCUT2D eigenvalue weighted by Crippen LogP contribution is 2.28. The van der Waals surface area contributed by atoms with Crippen LogP contribution in [0.5, 0.6) is 11.5 Å². The number of hydrogen-bond donors (Lipinski definition) is 1. The summed E-state index contributed by atoms with van der Waals surface area (Å²) < 4.78 is 30.1. The van der Waals surface area contributed by atoms with Gasteiger partial charge >= 0.3 is 6.03 Å². The van der Waals surface area contributed by atoms with Crippen LogP contribution in [0.3, 0.4) is 0 Å². The van der Waals surface area contributed by atoms with Crippen molar-refractivity contribution in [1.29, 1.82) is 0 Å². The fourth-order valence-electron chi connectivity index (χ4n) is 3.69. The van der Waals surface area contributed by atoms with E-state index in [4.69, 9.17) is 14.2 Å². The van der Waals surface area contributed by atoms with Crippen LogP contribution in [0.2, 0.25) is 0 Å². The molecule has 0 aliphatic carbocycles. The van der Waals surface area contributed by atoms with Gasteiger partial charge in [0.25, 0.3) is 0 Å². The first-order valence-electron chi connectivity index (χ1n) is 10.8. The van der Waals surface area contributed by atoms with Crippen molar-refractivity contribution in [2.45, 2.75) is 26.7 Å². The summed E-state index contributed by atoms with van der Waals surface area (Å²) in [5, 5.41) is 2.96. The van der Waals surface area contributed by atoms with Crippen LogP contribution in [0, 0.1) is 12.7 Å². The Balaban J connectivity index is 1.41. The van der Waals surface area contributed by atoms with Crippen LogP contribution >= 0.6 is 0 Å². The zero-order valence-corrected chi connectivity index (χ0v) is 18.8. The lowest BCUT2D eigenvalue weighted by atomic mass is 10.1. The van der Waals surface area contributed by atoms with Gasteiger partial charge in [-0.05, 0) is 60.0 Å². The minimum atomic E-state index is -0.265. The number of anilines is 1. The van der Waals surface area contributed by atoms with Crippen LogP contribution in [-0.2, 0) is 24.5 Å². The number of methoxy groups -OCH3 is 1. The third-order valence-electron chi connectivity index (χ3n) is 5.44. The topological polar surface area (TPSA) is 60.0 Å². The summed E-state index contributed by atoms with van der Waals surface area (Å²) in [6.07, 6.45) is 0. The number of aryl methyl sites for hydroxylation is 1. The average molecular weight is 451 g/mol. The van der Waals surface area contributed by atoms with E-state index < -0.39 is 0 Å². The first kappa shape index (κ1) is 22.6. The van der Waals surface area contributed by atoms with Crippen molar-refractivity contribution in [1.82, 2.24) is 4.90 Å². The predicted octanol–water partition coefficient (Wildman–Crippen LogP) is 5.29. The summed E-state index contributed by atoms with van der Waals surface area (Å²) in [6.45, 7) is 4.04. The summed E-state index contributed by atoms with van der Waals surface area (Å²) in [4.78, 5) is 14.7.